The number of aliphatic hydroxyl groups excluding tert-OH is 3. The average molecular weight is 623 g/mol. The number of aliphatic hydroxyl groups is 3. The molecule has 0 spiro atoms. The molecule has 0 bridgehead atoms. The van der Waals surface area contributed by atoms with Gasteiger partial charge in [-0.2, -0.15) is 0 Å². The average Bonchev–Trinajstić information content (AvgIpc) is 2.93. The highest BCUT2D eigenvalue weighted by Crippen LogP contribution is 2.33. The number of hydrogen-bond donors (Lipinski definition) is 4. The predicted molar refractivity (Wildman–Crippen MR) is 164 cm³/mol. The van der Waals surface area contributed by atoms with E-state index >= 15 is 0 Å². The van der Waals surface area contributed by atoms with Crippen LogP contribution in [0.3, 0.4) is 0 Å². The van der Waals surface area contributed by atoms with Crippen LogP contribution in [0.4, 0.5) is 4.79 Å². The third kappa shape index (κ3) is 13.5. The van der Waals surface area contributed by atoms with Crippen LogP contribution in [0.1, 0.15) is 52.7 Å². The Morgan fingerprint density at radius 3 is 1.45 bits per heavy atom. The Hall–Kier alpha value is -2.77. The molecule has 0 aliphatic rings. The van der Waals surface area contributed by atoms with E-state index in [0.717, 1.165) is 11.1 Å². The van der Waals surface area contributed by atoms with E-state index in [1.54, 1.807) is 52.0 Å². The molecule has 0 aliphatic carbocycles. The number of phenols is 1. The van der Waals surface area contributed by atoms with E-state index in [9.17, 15) is 25.2 Å². The van der Waals surface area contributed by atoms with Crippen molar-refractivity contribution < 1.29 is 53.6 Å². The summed E-state index contributed by atoms with van der Waals surface area (Å²) >= 11 is 0. The van der Waals surface area contributed by atoms with Gasteiger partial charge in [-0.25, -0.2) is 4.79 Å². The zero-order valence-corrected chi connectivity index (χ0v) is 26.7. The Morgan fingerprint density at radius 1 is 0.659 bits per heavy atom. The van der Waals surface area contributed by atoms with Gasteiger partial charge in [0.05, 0.1) is 76.6 Å². The van der Waals surface area contributed by atoms with Crippen molar-refractivity contribution in [3.8, 4) is 11.5 Å². The highest BCUT2D eigenvalue weighted by Gasteiger charge is 2.33. The van der Waals surface area contributed by atoms with Gasteiger partial charge in [-0.15, -0.1) is 0 Å². The third-order valence-corrected chi connectivity index (χ3v) is 6.73. The largest absolute Gasteiger partial charge is 0.514 e. The van der Waals surface area contributed by atoms with E-state index in [1.807, 2.05) is 24.3 Å². The molecule has 0 amide bonds. The molecule has 2 rings (SSSR count). The molecule has 0 aromatic heterocycles. The molecule has 0 radical (unpaired) electrons. The van der Waals surface area contributed by atoms with Crippen LogP contribution in [0.15, 0.2) is 48.5 Å². The van der Waals surface area contributed by atoms with Crippen LogP contribution in [0.2, 0.25) is 0 Å². The van der Waals surface area contributed by atoms with Gasteiger partial charge in [-0.05, 0) is 63.1 Å². The number of ether oxygens (including phenoxy) is 6. The molecule has 248 valence electrons. The molecule has 4 N–H and O–H groups in total. The minimum atomic E-state index is -0.876. The molecule has 44 heavy (non-hydrogen) atoms. The van der Waals surface area contributed by atoms with Crippen molar-refractivity contribution >= 4 is 6.16 Å². The molecule has 11 nitrogen and oxygen atoms in total. The number of benzene rings is 2. The lowest BCUT2D eigenvalue weighted by Crippen LogP contribution is -2.43. The standard InChI is InChI=1S/C33H50O11/c1-23(34)15-39-19-33(20-40-16-24(2)35,21-41-17-25(3)36)22-42-18-26(4)43-31(38)44-30-13-9-28(10-14-30)32(5,6)27-7-11-29(37)12-8-27/h7-14,23-26,34-37H,15-22H2,1-6H3. The van der Waals surface area contributed by atoms with Crippen molar-refractivity contribution in [3.63, 3.8) is 0 Å². The molecule has 4 atom stereocenters. The van der Waals surface area contributed by atoms with Crippen LogP contribution >= 0.6 is 0 Å². The van der Waals surface area contributed by atoms with Crippen molar-refractivity contribution in [3.05, 3.63) is 59.7 Å². The molecular weight excluding hydrogens is 572 g/mol. The van der Waals surface area contributed by atoms with Crippen LogP contribution in [0.25, 0.3) is 0 Å². The number of aromatic hydroxyl groups is 1. The second-order valence-corrected chi connectivity index (χ2v) is 12.1. The van der Waals surface area contributed by atoms with Gasteiger partial charge in [-0.1, -0.05) is 38.1 Å². The highest BCUT2D eigenvalue weighted by molar-refractivity contribution is 5.64. The van der Waals surface area contributed by atoms with Crippen LogP contribution in [0, 0.1) is 5.41 Å². The van der Waals surface area contributed by atoms with Crippen LogP contribution < -0.4 is 4.74 Å². The summed E-state index contributed by atoms with van der Waals surface area (Å²) in [5.41, 5.74) is 0.869. The normalized spacial score (nSPS) is 16.0. The predicted octanol–water partition coefficient (Wildman–Crippen LogP) is 3.82. The van der Waals surface area contributed by atoms with Crippen molar-refractivity contribution in [2.24, 2.45) is 5.41 Å². The minimum Gasteiger partial charge on any atom is -0.508 e. The van der Waals surface area contributed by atoms with Crippen molar-refractivity contribution in [1.82, 2.24) is 0 Å². The fourth-order valence-corrected chi connectivity index (χ4v) is 4.33. The summed E-state index contributed by atoms with van der Waals surface area (Å²) in [7, 11) is 0. The molecular formula is C33H50O11. The summed E-state index contributed by atoms with van der Waals surface area (Å²) in [5, 5.41) is 38.5. The van der Waals surface area contributed by atoms with Gasteiger partial charge in [-0.3, -0.25) is 0 Å². The first kappa shape index (κ1) is 37.4. The maximum atomic E-state index is 12.5. The van der Waals surface area contributed by atoms with Crippen LogP contribution in [0.5, 0.6) is 11.5 Å². The Kier molecular flexibility index (Phi) is 15.5. The molecule has 0 saturated heterocycles. The Bertz CT molecular complexity index is 1050. The Balaban J connectivity index is 1.95. The first-order valence-electron chi connectivity index (χ1n) is 14.9. The molecule has 4 unspecified atom stereocenters. The van der Waals surface area contributed by atoms with E-state index in [4.69, 9.17) is 28.4 Å². The van der Waals surface area contributed by atoms with Gasteiger partial charge in [0.1, 0.15) is 17.6 Å². The maximum absolute atomic E-state index is 12.5. The van der Waals surface area contributed by atoms with E-state index in [2.05, 4.69) is 13.8 Å². The van der Waals surface area contributed by atoms with Gasteiger partial charge in [0, 0.05) is 5.41 Å². The minimum absolute atomic E-state index is 0.0415. The SMILES string of the molecule is CC(O)COCC(COCC(C)O)(COCC(C)O)COCC(C)OC(=O)Oc1ccc(C(C)(C)c2ccc(O)cc2)cc1. The summed E-state index contributed by atoms with van der Waals surface area (Å²) in [6.07, 6.45) is -3.55. The van der Waals surface area contributed by atoms with E-state index in [0.29, 0.717) is 5.75 Å². The Morgan fingerprint density at radius 2 is 1.05 bits per heavy atom. The first-order chi connectivity index (χ1) is 20.7. The molecule has 0 fully saturated rings. The van der Waals surface area contributed by atoms with Gasteiger partial charge < -0.3 is 48.8 Å². The summed E-state index contributed by atoms with van der Waals surface area (Å²) in [4.78, 5) is 12.5. The van der Waals surface area contributed by atoms with Gasteiger partial charge in [0.25, 0.3) is 0 Å². The smallest absolute Gasteiger partial charge is 0.508 e. The van der Waals surface area contributed by atoms with Crippen LogP contribution in [-0.4, -0.2) is 104 Å². The monoisotopic (exact) mass is 622 g/mol. The summed E-state index contributed by atoms with van der Waals surface area (Å²) in [6.45, 7) is 11.4. The quantitative estimate of drug-likeness (QED) is 0.126. The second kappa shape index (κ2) is 18.3. The maximum Gasteiger partial charge on any atom is 0.514 e. The number of carbonyl (C=O) groups is 1. The lowest BCUT2D eigenvalue weighted by atomic mass is 9.78. The van der Waals surface area contributed by atoms with Crippen molar-refractivity contribution in [2.75, 3.05) is 52.9 Å². The molecule has 0 saturated carbocycles. The fourth-order valence-electron chi connectivity index (χ4n) is 4.33. The lowest BCUT2D eigenvalue weighted by Gasteiger charge is -2.33. The lowest BCUT2D eigenvalue weighted by molar-refractivity contribution is -0.129. The highest BCUT2D eigenvalue weighted by atomic mass is 16.7. The topological polar surface area (TPSA) is 153 Å². The molecule has 0 heterocycles. The van der Waals surface area contributed by atoms with Crippen LogP contribution in [-0.2, 0) is 29.1 Å². The number of carbonyl (C=O) groups excluding carboxylic acids is 1. The Labute approximate surface area is 260 Å². The van der Waals surface area contributed by atoms with Gasteiger partial charge in [0.2, 0.25) is 0 Å². The molecule has 2 aromatic rings. The van der Waals surface area contributed by atoms with Crippen molar-refractivity contribution in [2.45, 2.75) is 71.4 Å². The second-order valence-electron chi connectivity index (χ2n) is 12.1. The number of phenolic OH excluding ortho intramolecular Hbond substituents is 1. The fraction of sp³-hybridized carbons (Fsp3) is 0.606. The zero-order valence-electron chi connectivity index (χ0n) is 26.7. The van der Waals surface area contributed by atoms with Gasteiger partial charge >= 0.3 is 6.16 Å². The van der Waals surface area contributed by atoms with Gasteiger partial charge in [0.15, 0.2) is 0 Å². The molecule has 11 heteroatoms. The summed E-state index contributed by atoms with van der Waals surface area (Å²) in [5.74, 6) is 0.532. The number of rotatable bonds is 20. The third-order valence-electron chi connectivity index (χ3n) is 6.73. The first-order valence-corrected chi connectivity index (χ1v) is 14.9. The molecule has 0 aliphatic heterocycles. The molecule has 2 aromatic carbocycles. The van der Waals surface area contributed by atoms with E-state index in [-0.39, 0.29) is 64.0 Å². The number of hydrogen-bond acceptors (Lipinski definition) is 11. The van der Waals surface area contributed by atoms with E-state index < -0.39 is 36.0 Å². The van der Waals surface area contributed by atoms with Crippen molar-refractivity contribution in [1.29, 1.82) is 0 Å². The summed E-state index contributed by atoms with van der Waals surface area (Å²) < 4.78 is 33.7. The summed E-state index contributed by atoms with van der Waals surface area (Å²) in [6, 6.07) is 14.2. The zero-order chi connectivity index (χ0) is 32.8. The van der Waals surface area contributed by atoms with E-state index in [1.165, 1.54) is 0 Å².